The van der Waals surface area contributed by atoms with Gasteiger partial charge in [0.25, 0.3) is 0 Å². The molecule has 0 saturated heterocycles. The molecular weight excluding hydrogens is 281 g/mol. The van der Waals surface area contributed by atoms with Gasteiger partial charge in [0.15, 0.2) is 0 Å². The van der Waals surface area contributed by atoms with Crippen LogP contribution in [0.2, 0.25) is 0 Å². The zero-order valence-corrected chi connectivity index (χ0v) is 11.6. The van der Waals surface area contributed by atoms with E-state index in [1.807, 2.05) is 0 Å². The molecule has 21 heavy (non-hydrogen) atoms. The number of aryl methyl sites for hydroxylation is 2. The fraction of sp³-hybridized carbons (Fsp3) is 0.250. The number of benzene rings is 2. The van der Waals surface area contributed by atoms with Crippen molar-refractivity contribution in [3.05, 3.63) is 64.5 Å². The van der Waals surface area contributed by atoms with Gasteiger partial charge in [-0.2, -0.15) is 8.78 Å². The van der Waals surface area contributed by atoms with E-state index < -0.39 is 12.7 Å². The van der Waals surface area contributed by atoms with Gasteiger partial charge in [-0.25, -0.2) is 4.39 Å². The van der Waals surface area contributed by atoms with Crippen LogP contribution in [0.1, 0.15) is 28.4 Å². The summed E-state index contributed by atoms with van der Waals surface area (Å²) in [6.45, 7) is 0.453. The van der Waals surface area contributed by atoms with Crippen LogP contribution >= 0.6 is 0 Å². The van der Waals surface area contributed by atoms with E-state index in [0.717, 1.165) is 0 Å². The molecule has 1 unspecified atom stereocenters. The first-order chi connectivity index (χ1) is 9.88. The summed E-state index contributed by atoms with van der Waals surface area (Å²) in [4.78, 5) is 0. The van der Waals surface area contributed by atoms with Crippen molar-refractivity contribution in [2.24, 2.45) is 0 Å². The Balaban J connectivity index is 2.38. The topological polar surface area (TPSA) is 29.5 Å². The molecule has 0 saturated carbocycles. The first-order valence-electron chi connectivity index (χ1n) is 6.38. The van der Waals surface area contributed by atoms with Gasteiger partial charge in [0.1, 0.15) is 17.7 Å². The van der Waals surface area contributed by atoms with E-state index in [4.69, 9.17) is 0 Å². The Morgan fingerprint density at radius 3 is 2.24 bits per heavy atom. The van der Waals surface area contributed by atoms with Crippen LogP contribution in [-0.2, 0) is 0 Å². The predicted molar refractivity (Wildman–Crippen MR) is 73.0 cm³/mol. The van der Waals surface area contributed by atoms with Crippen LogP contribution < -0.4 is 4.74 Å². The molecular formula is C16H15F3O2. The summed E-state index contributed by atoms with van der Waals surface area (Å²) in [6.07, 6.45) is -1.04. The third-order valence-corrected chi connectivity index (χ3v) is 3.23. The summed E-state index contributed by atoms with van der Waals surface area (Å²) < 4.78 is 42.1. The van der Waals surface area contributed by atoms with E-state index in [-0.39, 0.29) is 11.6 Å². The summed E-state index contributed by atoms with van der Waals surface area (Å²) in [6, 6.07) is 8.50. The van der Waals surface area contributed by atoms with Crippen LogP contribution in [0.4, 0.5) is 13.2 Å². The van der Waals surface area contributed by atoms with Crippen LogP contribution in [0.5, 0.6) is 5.75 Å². The van der Waals surface area contributed by atoms with Crippen molar-refractivity contribution >= 4 is 0 Å². The Kier molecular flexibility index (Phi) is 4.53. The van der Waals surface area contributed by atoms with E-state index in [1.54, 1.807) is 19.9 Å². The lowest BCUT2D eigenvalue weighted by molar-refractivity contribution is -0.0499. The van der Waals surface area contributed by atoms with Crippen molar-refractivity contribution in [2.45, 2.75) is 26.6 Å². The monoisotopic (exact) mass is 296 g/mol. The molecule has 0 fully saturated rings. The molecule has 0 heterocycles. The molecule has 0 amide bonds. The van der Waals surface area contributed by atoms with Crippen molar-refractivity contribution in [1.82, 2.24) is 0 Å². The first kappa shape index (κ1) is 15.4. The van der Waals surface area contributed by atoms with Gasteiger partial charge < -0.3 is 9.84 Å². The van der Waals surface area contributed by atoms with Crippen LogP contribution in [-0.4, -0.2) is 11.7 Å². The van der Waals surface area contributed by atoms with Crippen molar-refractivity contribution in [1.29, 1.82) is 0 Å². The number of halogens is 3. The predicted octanol–water partition coefficient (Wildman–Crippen LogP) is 4.13. The summed E-state index contributed by atoms with van der Waals surface area (Å²) in [7, 11) is 0. The highest BCUT2D eigenvalue weighted by atomic mass is 19.3. The molecule has 2 aromatic carbocycles. The van der Waals surface area contributed by atoms with Gasteiger partial charge in [0.05, 0.1) is 0 Å². The Bertz CT molecular complexity index is 618. The molecule has 0 aliphatic carbocycles. The molecule has 0 bridgehead atoms. The van der Waals surface area contributed by atoms with Gasteiger partial charge >= 0.3 is 6.61 Å². The van der Waals surface area contributed by atoms with Crippen LogP contribution in [0.3, 0.4) is 0 Å². The lowest BCUT2D eigenvalue weighted by Gasteiger charge is -2.18. The highest BCUT2D eigenvalue weighted by Crippen LogP contribution is 2.30. The molecule has 0 aromatic heterocycles. The second-order valence-electron chi connectivity index (χ2n) is 4.81. The van der Waals surface area contributed by atoms with Crippen molar-refractivity contribution in [2.75, 3.05) is 0 Å². The number of rotatable bonds is 4. The minimum atomic E-state index is -2.92. The van der Waals surface area contributed by atoms with Gasteiger partial charge in [-0.05, 0) is 60.4 Å². The average Bonchev–Trinajstić information content (AvgIpc) is 2.36. The normalized spacial score (nSPS) is 12.5. The maximum Gasteiger partial charge on any atom is 0.387 e. The third-order valence-electron chi connectivity index (χ3n) is 3.23. The highest BCUT2D eigenvalue weighted by molar-refractivity contribution is 5.42. The Labute approximate surface area is 120 Å². The number of hydrogen-bond donors (Lipinski definition) is 1. The summed E-state index contributed by atoms with van der Waals surface area (Å²) in [5.41, 5.74) is 2.16. The number of ether oxygens (including phenoxy) is 1. The van der Waals surface area contributed by atoms with Gasteiger partial charge in [-0.15, -0.1) is 0 Å². The van der Waals surface area contributed by atoms with Crippen molar-refractivity contribution in [3.8, 4) is 5.75 Å². The van der Waals surface area contributed by atoms with E-state index in [1.165, 1.54) is 30.3 Å². The fourth-order valence-corrected chi connectivity index (χ4v) is 2.38. The number of alkyl halides is 2. The Morgan fingerprint density at radius 2 is 1.67 bits per heavy atom. The third kappa shape index (κ3) is 3.55. The first-order valence-corrected chi connectivity index (χ1v) is 6.38. The lowest BCUT2D eigenvalue weighted by Crippen LogP contribution is -2.07. The van der Waals surface area contributed by atoms with Crippen LogP contribution in [0, 0.1) is 19.7 Å². The van der Waals surface area contributed by atoms with E-state index in [2.05, 4.69) is 4.74 Å². The largest absolute Gasteiger partial charge is 0.435 e. The van der Waals surface area contributed by atoms with Crippen molar-refractivity contribution < 1.29 is 23.0 Å². The molecule has 1 N–H and O–H groups in total. The quantitative estimate of drug-likeness (QED) is 0.919. The number of aliphatic hydroxyl groups excluding tert-OH is 1. The Hall–Kier alpha value is -2.01. The SMILES string of the molecule is Cc1cc(F)cc(C)c1C(O)c1cccc(OC(F)F)c1. The molecule has 0 spiro atoms. The second kappa shape index (κ2) is 6.18. The summed E-state index contributed by atoms with van der Waals surface area (Å²) in [5.74, 6) is -0.408. The zero-order chi connectivity index (χ0) is 15.6. The average molecular weight is 296 g/mol. The minimum absolute atomic E-state index is 0.0287. The van der Waals surface area contributed by atoms with Crippen LogP contribution in [0.25, 0.3) is 0 Å². The molecule has 0 aliphatic heterocycles. The Morgan fingerprint density at radius 1 is 1.05 bits per heavy atom. The van der Waals surface area contributed by atoms with Crippen LogP contribution in [0.15, 0.2) is 36.4 Å². The molecule has 2 aromatic rings. The molecule has 2 rings (SSSR count). The minimum Gasteiger partial charge on any atom is -0.435 e. The maximum atomic E-state index is 13.3. The number of hydrogen-bond acceptors (Lipinski definition) is 2. The number of aliphatic hydroxyl groups is 1. The van der Waals surface area contributed by atoms with Gasteiger partial charge in [0, 0.05) is 0 Å². The summed E-state index contributed by atoms with van der Waals surface area (Å²) >= 11 is 0. The van der Waals surface area contributed by atoms with Gasteiger partial charge in [-0.3, -0.25) is 0 Å². The zero-order valence-electron chi connectivity index (χ0n) is 11.6. The maximum absolute atomic E-state index is 13.3. The van der Waals surface area contributed by atoms with E-state index >= 15 is 0 Å². The van der Waals surface area contributed by atoms with Gasteiger partial charge in [0.2, 0.25) is 0 Å². The smallest absolute Gasteiger partial charge is 0.387 e. The van der Waals surface area contributed by atoms with E-state index in [9.17, 15) is 18.3 Å². The molecule has 0 aliphatic rings. The molecule has 1 atom stereocenters. The molecule has 112 valence electrons. The fourth-order valence-electron chi connectivity index (χ4n) is 2.38. The lowest BCUT2D eigenvalue weighted by atomic mass is 9.93. The second-order valence-corrected chi connectivity index (χ2v) is 4.81. The molecule has 5 heteroatoms. The van der Waals surface area contributed by atoms with Gasteiger partial charge in [-0.1, -0.05) is 12.1 Å². The molecule has 2 nitrogen and oxygen atoms in total. The van der Waals surface area contributed by atoms with E-state index in [0.29, 0.717) is 22.3 Å². The molecule has 0 radical (unpaired) electrons. The highest BCUT2D eigenvalue weighted by Gasteiger charge is 2.17. The summed E-state index contributed by atoms with van der Waals surface area (Å²) in [5, 5.41) is 10.4. The van der Waals surface area contributed by atoms with Crippen molar-refractivity contribution in [3.63, 3.8) is 0 Å². The standard InChI is InChI=1S/C16H15F3O2/c1-9-6-12(17)7-10(2)14(9)15(20)11-4-3-5-13(8-11)21-16(18)19/h3-8,15-16,20H,1-2H3.